The number of halogens is 1. The van der Waals surface area contributed by atoms with E-state index in [0.29, 0.717) is 48.1 Å². The highest BCUT2D eigenvalue weighted by Gasteiger charge is 2.58. The second-order valence-corrected chi connectivity index (χ2v) is 13.2. The fourth-order valence-corrected chi connectivity index (χ4v) is 8.10. The molecule has 3 aromatic heterocycles. The average Bonchev–Trinajstić information content (AvgIpc) is 3.73. The smallest absolute Gasteiger partial charge is 0.434 e. The van der Waals surface area contributed by atoms with Crippen molar-refractivity contribution in [3.05, 3.63) is 35.4 Å². The largest absolute Gasteiger partial charge is 0.508 e. The molecular weight excluding hydrogens is 609 g/mol. The lowest BCUT2D eigenvalue weighted by molar-refractivity contribution is -0.205. The van der Waals surface area contributed by atoms with Gasteiger partial charge in [-0.2, -0.15) is 15.1 Å². The Kier molecular flexibility index (Phi) is 7.41. The van der Waals surface area contributed by atoms with E-state index in [1.165, 1.54) is 0 Å². The summed E-state index contributed by atoms with van der Waals surface area (Å²) in [6.07, 6.45) is 6.21. The number of benzene rings is 1. The number of H-pyrrole nitrogens is 1. The maximum absolute atomic E-state index is 17.1. The summed E-state index contributed by atoms with van der Waals surface area (Å²) in [5, 5.41) is 20.2. The van der Waals surface area contributed by atoms with E-state index in [9.17, 15) is 9.90 Å². The van der Waals surface area contributed by atoms with E-state index in [1.807, 2.05) is 17.9 Å². The summed E-state index contributed by atoms with van der Waals surface area (Å²) >= 11 is 0. The molecule has 8 heterocycles. The zero-order valence-corrected chi connectivity index (χ0v) is 26.6. The van der Waals surface area contributed by atoms with Crippen LogP contribution in [0, 0.1) is 12.7 Å². The van der Waals surface area contributed by atoms with E-state index in [4.69, 9.17) is 28.9 Å². The molecule has 5 aliphatic heterocycles. The summed E-state index contributed by atoms with van der Waals surface area (Å²) in [7, 11) is 0. The SMILES string of the molecule is Cc1cc2[nH]ncc2c2c1CCCOC(=O)OC1COCCN(C1)c1nc(OC(C)(O)C34CCCN3CCC4)nc3c(F)c-2ncc13. The van der Waals surface area contributed by atoms with E-state index in [2.05, 4.69) is 20.1 Å². The van der Waals surface area contributed by atoms with E-state index in [0.717, 1.165) is 55.4 Å². The number of fused-ring (bicyclic) bond motifs is 8. The predicted octanol–water partition coefficient (Wildman–Crippen LogP) is 4.04. The molecule has 2 unspecified atom stereocenters. The molecule has 0 radical (unpaired) electrons. The van der Waals surface area contributed by atoms with E-state index >= 15 is 4.39 Å². The molecule has 0 amide bonds. The van der Waals surface area contributed by atoms with Crippen LogP contribution in [0.5, 0.6) is 6.01 Å². The number of aryl methyl sites for hydroxylation is 1. The zero-order valence-electron chi connectivity index (χ0n) is 26.6. The number of carbonyl (C=O) groups is 1. The Morgan fingerprint density at radius 3 is 2.79 bits per heavy atom. The van der Waals surface area contributed by atoms with Gasteiger partial charge in [-0.15, -0.1) is 0 Å². The lowest BCUT2D eigenvalue weighted by atomic mass is 9.85. The van der Waals surface area contributed by atoms with Gasteiger partial charge in [0.15, 0.2) is 5.82 Å². The second kappa shape index (κ2) is 11.5. The molecule has 2 N–H and O–H groups in total. The van der Waals surface area contributed by atoms with Crippen LogP contribution in [0.4, 0.5) is 15.0 Å². The Labute approximate surface area is 270 Å². The number of hydrogen-bond donors (Lipinski definition) is 2. The summed E-state index contributed by atoms with van der Waals surface area (Å²) in [4.78, 5) is 31.0. The third-order valence-corrected chi connectivity index (χ3v) is 10.3. The summed E-state index contributed by atoms with van der Waals surface area (Å²) in [6.45, 7) is 6.53. The van der Waals surface area contributed by atoms with Crippen LogP contribution >= 0.6 is 0 Å². The minimum atomic E-state index is -1.64. The second-order valence-electron chi connectivity index (χ2n) is 13.2. The summed E-state index contributed by atoms with van der Waals surface area (Å²) in [6, 6.07) is 1.82. The fraction of sp³-hybridized carbons (Fsp3) is 0.545. The van der Waals surface area contributed by atoms with Crippen molar-refractivity contribution in [2.75, 3.05) is 50.9 Å². The van der Waals surface area contributed by atoms with Crippen molar-refractivity contribution < 1.29 is 33.2 Å². The Bertz CT molecular complexity index is 1850. The van der Waals surface area contributed by atoms with E-state index < -0.39 is 29.4 Å². The first-order chi connectivity index (χ1) is 22.7. The van der Waals surface area contributed by atoms with Crippen LogP contribution in [-0.2, 0) is 20.6 Å². The van der Waals surface area contributed by atoms with Gasteiger partial charge < -0.3 is 29.0 Å². The standard InChI is InChI=1S/C33H38FN7O6/c1-19-14-24-22(16-36-39-24)25-21(19)6-3-12-45-31(42)46-20-17-40(11-13-44-18-20)29-23-15-35-28(25)26(34)27(23)37-30(38-29)47-32(2,43)33-7-4-9-41(33)10-5-8-33/h14-16,20,43H,3-13,17-18H2,1-2H3,(H,36,39). The molecule has 0 saturated carbocycles. The number of aliphatic hydroxyl groups is 1. The average molecular weight is 648 g/mol. The lowest BCUT2D eigenvalue weighted by Gasteiger charge is -2.43. The van der Waals surface area contributed by atoms with Gasteiger partial charge in [0.1, 0.15) is 23.1 Å². The third kappa shape index (κ3) is 5.04. The van der Waals surface area contributed by atoms with Crippen molar-refractivity contribution in [3.8, 4) is 17.3 Å². The Balaban J connectivity index is 1.33. The lowest BCUT2D eigenvalue weighted by Crippen LogP contribution is -2.60. The highest BCUT2D eigenvalue weighted by molar-refractivity contribution is 5.99. The minimum absolute atomic E-state index is 0.0104. The molecule has 248 valence electrons. The van der Waals surface area contributed by atoms with Gasteiger partial charge in [0.05, 0.1) is 49.0 Å². The normalized spacial score (nSPS) is 22.9. The quantitative estimate of drug-likeness (QED) is 0.244. The molecule has 0 spiro atoms. The maximum Gasteiger partial charge on any atom is 0.508 e. The summed E-state index contributed by atoms with van der Waals surface area (Å²) in [5.41, 5.74) is 2.65. The van der Waals surface area contributed by atoms with Gasteiger partial charge in [-0.1, -0.05) is 0 Å². The number of ether oxygens (including phenoxy) is 4. The maximum atomic E-state index is 17.1. The van der Waals surface area contributed by atoms with Gasteiger partial charge >= 0.3 is 12.2 Å². The van der Waals surface area contributed by atoms with Crippen molar-refractivity contribution in [2.45, 2.75) is 69.8 Å². The van der Waals surface area contributed by atoms with E-state index in [1.54, 1.807) is 19.3 Å². The molecule has 13 nitrogen and oxygen atoms in total. The number of aromatic nitrogens is 5. The minimum Gasteiger partial charge on any atom is -0.434 e. The van der Waals surface area contributed by atoms with Crippen molar-refractivity contribution in [1.29, 1.82) is 0 Å². The highest BCUT2D eigenvalue weighted by atomic mass is 19.1. The zero-order chi connectivity index (χ0) is 32.3. The van der Waals surface area contributed by atoms with Crippen molar-refractivity contribution >= 4 is 33.8 Å². The summed E-state index contributed by atoms with van der Waals surface area (Å²) < 4.78 is 40.3. The van der Waals surface area contributed by atoms with Gasteiger partial charge in [-0.3, -0.25) is 15.0 Å². The Morgan fingerprint density at radius 1 is 1.13 bits per heavy atom. The number of nitrogens with zero attached hydrogens (tertiary/aromatic N) is 6. The van der Waals surface area contributed by atoms with Gasteiger partial charge in [0.25, 0.3) is 0 Å². The summed E-state index contributed by atoms with van der Waals surface area (Å²) in [5.74, 6) is -1.94. The van der Waals surface area contributed by atoms with Crippen LogP contribution in [0.3, 0.4) is 0 Å². The highest BCUT2D eigenvalue weighted by Crippen LogP contribution is 2.47. The first-order valence-electron chi connectivity index (χ1n) is 16.4. The van der Waals surface area contributed by atoms with Gasteiger partial charge in [-0.25, -0.2) is 9.18 Å². The van der Waals surface area contributed by atoms with Gasteiger partial charge in [0, 0.05) is 30.6 Å². The van der Waals surface area contributed by atoms with Crippen LogP contribution in [0.15, 0.2) is 18.5 Å². The van der Waals surface area contributed by atoms with Crippen molar-refractivity contribution in [2.24, 2.45) is 0 Å². The number of pyridine rings is 1. The topological polar surface area (TPSA) is 148 Å². The number of anilines is 1. The Hall–Kier alpha value is -4.14. The third-order valence-electron chi connectivity index (χ3n) is 10.3. The molecule has 47 heavy (non-hydrogen) atoms. The molecule has 3 saturated heterocycles. The molecular formula is C33H38FN7O6. The molecule has 5 aliphatic rings. The molecule has 2 atom stereocenters. The van der Waals surface area contributed by atoms with Crippen LogP contribution in [0.2, 0.25) is 0 Å². The predicted molar refractivity (Wildman–Crippen MR) is 169 cm³/mol. The van der Waals surface area contributed by atoms with Crippen molar-refractivity contribution in [1.82, 2.24) is 30.0 Å². The molecule has 6 bridgehead atoms. The van der Waals surface area contributed by atoms with Gasteiger partial charge in [0.2, 0.25) is 5.79 Å². The first-order valence-corrected chi connectivity index (χ1v) is 16.4. The number of rotatable bonds is 3. The first kappa shape index (κ1) is 30.2. The molecule has 3 fully saturated rings. The van der Waals surface area contributed by atoms with Crippen LogP contribution in [-0.4, -0.2) is 105 Å². The molecule has 14 heteroatoms. The molecule has 9 rings (SSSR count). The molecule has 0 aliphatic carbocycles. The van der Waals surface area contributed by atoms with E-state index in [-0.39, 0.29) is 37.0 Å². The Morgan fingerprint density at radius 2 is 1.96 bits per heavy atom. The van der Waals surface area contributed by atoms with Crippen LogP contribution < -0.4 is 9.64 Å². The van der Waals surface area contributed by atoms with Crippen LogP contribution in [0.1, 0.15) is 50.2 Å². The number of carbonyl (C=O) groups excluding carboxylic acids is 1. The van der Waals surface area contributed by atoms with Crippen LogP contribution in [0.25, 0.3) is 33.1 Å². The molecule has 4 aromatic rings. The van der Waals surface area contributed by atoms with Gasteiger partial charge in [-0.05, 0) is 75.7 Å². The number of nitrogens with one attached hydrogen (secondary N) is 1. The monoisotopic (exact) mass is 647 g/mol. The van der Waals surface area contributed by atoms with Crippen molar-refractivity contribution in [3.63, 3.8) is 0 Å². The number of aromatic amines is 1. The fourth-order valence-electron chi connectivity index (χ4n) is 8.10. The number of hydrogen-bond acceptors (Lipinski definition) is 12. The molecule has 1 aromatic carbocycles.